The SMILES string of the molecule is COC(=O)c1ccnc(N2CCCC(C)C2)c1[N+](=O)[O-]. The smallest absolute Gasteiger partial charge is 0.345 e. The first-order valence-corrected chi connectivity index (χ1v) is 6.51. The van der Waals surface area contributed by atoms with Crippen LogP contribution in [0, 0.1) is 16.0 Å². The third-order valence-electron chi connectivity index (χ3n) is 3.45. The van der Waals surface area contributed by atoms with E-state index in [2.05, 4.69) is 16.6 Å². The van der Waals surface area contributed by atoms with E-state index < -0.39 is 10.9 Å². The van der Waals surface area contributed by atoms with E-state index in [0.29, 0.717) is 19.0 Å². The van der Waals surface area contributed by atoms with Crippen molar-refractivity contribution in [2.24, 2.45) is 5.92 Å². The standard InChI is InChI=1S/C13H17N3O4/c1-9-4-3-7-15(8-9)12-11(16(18)19)10(5-6-14-12)13(17)20-2/h5-6,9H,3-4,7-8H2,1-2H3. The summed E-state index contributed by atoms with van der Waals surface area (Å²) in [7, 11) is 1.20. The Hall–Kier alpha value is -2.18. The first kappa shape index (κ1) is 14.2. The van der Waals surface area contributed by atoms with Crippen LogP contribution in [0.4, 0.5) is 11.5 Å². The monoisotopic (exact) mass is 279 g/mol. The van der Waals surface area contributed by atoms with Crippen LogP contribution in [0.25, 0.3) is 0 Å². The summed E-state index contributed by atoms with van der Waals surface area (Å²) in [6.45, 7) is 3.52. The zero-order chi connectivity index (χ0) is 14.7. The predicted octanol–water partition coefficient (Wildman–Crippen LogP) is 2.01. The van der Waals surface area contributed by atoms with Gasteiger partial charge in [-0.2, -0.15) is 0 Å². The zero-order valence-electron chi connectivity index (χ0n) is 11.5. The molecule has 1 aliphatic heterocycles. The van der Waals surface area contributed by atoms with Gasteiger partial charge in [-0.3, -0.25) is 10.1 Å². The molecule has 1 fully saturated rings. The van der Waals surface area contributed by atoms with Crippen LogP contribution in [0.2, 0.25) is 0 Å². The van der Waals surface area contributed by atoms with Gasteiger partial charge >= 0.3 is 11.7 Å². The van der Waals surface area contributed by atoms with E-state index in [-0.39, 0.29) is 17.1 Å². The first-order chi connectivity index (χ1) is 9.54. The molecule has 1 unspecified atom stereocenters. The lowest BCUT2D eigenvalue weighted by atomic mass is 10.00. The van der Waals surface area contributed by atoms with Gasteiger partial charge in [0.05, 0.1) is 12.0 Å². The van der Waals surface area contributed by atoms with Crippen LogP contribution in [0.5, 0.6) is 0 Å². The average molecular weight is 279 g/mol. The number of pyridine rings is 1. The van der Waals surface area contributed by atoms with Crippen molar-refractivity contribution >= 4 is 17.5 Å². The van der Waals surface area contributed by atoms with Gasteiger partial charge in [0, 0.05) is 19.3 Å². The van der Waals surface area contributed by atoms with Gasteiger partial charge in [-0.1, -0.05) is 6.92 Å². The molecule has 0 radical (unpaired) electrons. The number of esters is 1. The third kappa shape index (κ3) is 2.71. The van der Waals surface area contributed by atoms with Crippen molar-refractivity contribution in [2.75, 3.05) is 25.1 Å². The van der Waals surface area contributed by atoms with Gasteiger partial charge in [0.1, 0.15) is 5.56 Å². The maximum absolute atomic E-state index is 11.7. The van der Waals surface area contributed by atoms with E-state index in [4.69, 9.17) is 0 Å². The molecule has 1 aromatic heterocycles. The maximum atomic E-state index is 11.7. The highest BCUT2D eigenvalue weighted by atomic mass is 16.6. The first-order valence-electron chi connectivity index (χ1n) is 6.51. The van der Waals surface area contributed by atoms with Crippen molar-refractivity contribution in [1.82, 2.24) is 4.98 Å². The molecule has 0 bridgehead atoms. The van der Waals surface area contributed by atoms with Crippen molar-refractivity contribution in [2.45, 2.75) is 19.8 Å². The van der Waals surface area contributed by atoms with Crippen molar-refractivity contribution in [3.05, 3.63) is 27.9 Å². The van der Waals surface area contributed by atoms with E-state index in [1.165, 1.54) is 19.4 Å². The highest BCUT2D eigenvalue weighted by molar-refractivity contribution is 5.96. The lowest BCUT2D eigenvalue weighted by Crippen LogP contribution is -2.35. The van der Waals surface area contributed by atoms with E-state index in [9.17, 15) is 14.9 Å². The number of rotatable bonds is 3. The van der Waals surface area contributed by atoms with Crippen LogP contribution in [0.15, 0.2) is 12.3 Å². The minimum atomic E-state index is -0.717. The second kappa shape index (κ2) is 5.85. The Kier molecular flexibility index (Phi) is 4.16. The van der Waals surface area contributed by atoms with E-state index >= 15 is 0 Å². The Balaban J connectivity index is 2.47. The van der Waals surface area contributed by atoms with E-state index in [0.717, 1.165) is 12.8 Å². The van der Waals surface area contributed by atoms with Crippen molar-refractivity contribution in [1.29, 1.82) is 0 Å². The Morgan fingerprint density at radius 2 is 2.35 bits per heavy atom. The summed E-state index contributed by atoms with van der Waals surface area (Å²) in [5.74, 6) is -0.0122. The molecule has 0 saturated carbocycles. The van der Waals surface area contributed by atoms with Gasteiger partial charge in [0.2, 0.25) is 5.82 Å². The van der Waals surface area contributed by atoms with Gasteiger partial charge < -0.3 is 9.64 Å². The molecular formula is C13H17N3O4. The third-order valence-corrected chi connectivity index (χ3v) is 3.45. The summed E-state index contributed by atoms with van der Waals surface area (Å²) in [6.07, 6.45) is 3.47. The summed E-state index contributed by atoms with van der Waals surface area (Å²) in [5.41, 5.74) is -0.325. The number of nitro groups is 1. The van der Waals surface area contributed by atoms with Crippen LogP contribution < -0.4 is 4.90 Å². The Bertz CT molecular complexity index is 532. The minimum Gasteiger partial charge on any atom is -0.465 e. The number of hydrogen-bond acceptors (Lipinski definition) is 6. The fourth-order valence-corrected chi connectivity index (χ4v) is 2.51. The maximum Gasteiger partial charge on any atom is 0.345 e. The fraction of sp³-hybridized carbons (Fsp3) is 0.538. The molecule has 2 rings (SSSR count). The number of piperidine rings is 1. The fourth-order valence-electron chi connectivity index (χ4n) is 2.51. The molecule has 0 aromatic carbocycles. The second-order valence-electron chi connectivity index (χ2n) is 4.97. The van der Waals surface area contributed by atoms with Gasteiger partial charge in [-0.25, -0.2) is 9.78 Å². The molecule has 20 heavy (non-hydrogen) atoms. The van der Waals surface area contributed by atoms with Crippen molar-refractivity contribution < 1.29 is 14.5 Å². The van der Waals surface area contributed by atoms with Crippen molar-refractivity contribution in [3.8, 4) is 0 Å². The number of methoxy groups -OCH3 is 1. The molecule has 7 nitrogen and oxygen atoms in total. The molecule has 0 N–H and O–H groups in total. The Morgan fingerprint density at radius 1 is 1.60 bits per heavy atom. The van der Waals surface area contributed by atoms with Crippen LogP contribution in [-0.4, -0.2) is 36.1 Å². The number of anilines is 1. The highest BCUT2D eigenvalue weighted by Crippen LogP contribution is 2.32. The number of carbonyl (C=O) groups excluding carboxylic acids is 1. The Morgan fingerprint density at radius 3 is 2.95 bits per heavy atom. The highest BCUT2D eigenvalue weighted by Gasteiger charge is 2.31. The number of nitrogens with zero attached hydrogens (tertiary/aromatic N) is 3. The Labute approximate surface area is 116 Å². The van der Waals surface area contributed by atoms with Crippen LogP contribution in [-0.2, 0) is 4.74 Å². The molecule has 108 valence electrons. The van der Waals surface area contributed by atoms with Crippen LogP contribution >= 0.6 is 0 Å². The largest absolute Gasteiger partial charge is 0.465 e. The number of aromatic nitrogens is 1. The number of carbonyl (C=O) groups is 1. The molecular weight excluding hydrogens is 262 g/mol. The summed E-state index contributed by atoms with van der Waals surface area (Å²) < 4.78 is 4.60. The quantitative estimate of drug-likeness (QED) is 0.478. The summed E-state index contributed by atoms with van der Waals surface area (Å²) >= 11 is 0. The number of ether oxygens (including phenoxy) is 1. The molecule has 0 aliphatic carbocycles. The average Bonchev–Trinajstić information content (AvgIpc) is 2.45. The topological polar surface area (TPSA) is 85.6 Å². The normalized spacial score (nSPS) is 18.7. The lowest BCUT2D eigenvalue weighted by Gasteiger charge is -2.31. The molecule has 7 heteroatoms. The summed E-state index contributed by atoms with van der Waals surface area (Å²) in [6, 6.07) is 1.32. The predicted molar refractivity (Wildman–Crippen MR) is 72.8 cm³/mol. The molecule has 0 amide bonds. The lowest BCUT2D eigenvalue weighted by molar-refractivity contribution is -0.384. The van der Waals surface area contributed by atoms with Gasteiger partial charge in [0.25, 0.3) is 0 Å². The second-order valence-corrected chi connectivity index (χ2v) is 4.97. The molecule has 2 heterocycles. The molecule has 1 aliphatic rings. The van der Waals surface area contributed by atoms with Crippen molar-refractivity contribution in [3.63, 3.8) is 0 Å². The summed E-state index contributed by atoms with van der Waals surface area (Å²) in [4.78, 5) is 28.4. The minimum absolute atomic E-state index is 0.0549. The molecule has 0 spiro atoms. The van der Waals surface area contributed by atoms with E-state index in [1.807, 2.05) is 4.90 Å². The zero-order valence-corrected chi connectivity index (χ0v) is 11.5. The summed E-state index contributed by atoms with van der Waals surface area (Å²) in [5, 5.41) is 11.3. The van der Waals surface area contributed by atoms with Gasteiger partial charge in [0.15, 0.2) is 0 Å². The van der Waals surface area contributed by atoms with Crippen LogP contribution in [0.3, 0.4) is 0 Å². The molecule has 1 aromatic rings. The number of hydrogen-bond donors (Lipinski definition) is 0. The molecule has 1 saturated heterocycles. The van der Waals surface area contributed by atoms with Crippen LogP contribution in [0.1, 0.15) is 30.1 Å². The van der Waals surface area contributed by atoms with Gasteiger partial charge in [-0.05, 0) is 24.8 Å². The molecule has 1 atom stereocenters. The van der Waals surface area contributed by atoms with Gasteiger partial charge in [-0.15, -0.1) is 0 Å². The van der Waals surface area contributed by atoms with E-state index in [1.54, 1.807) is 0 Å².